The molecular weight excluding hydrogens is 495 g/mol. The highest BCUT2D eigenvalue weighted by atomic mass is 32.1. The monoisotopic (exact) mass is 516 g/mol. The maximum atomic E-state index is 13.8. The smallest absolute Gasteiger partial charge is 0.301 e. The minimum absolute atomic E-state index is 0.00912. The summed E-state index contributed by atoms with van der Waals surface area (Å²) in [6.07, 6.45) is 0.677. The number of ether oxygens (including phenoxy) is 2. The molecule has 7 nitrogen and oxygen atoms in total. The highest BCUT2D eigenvalue weighted by Crippen LogP contribution is 2.45. The number of fused-ring (bicyclic) bond motifs is 2. The van der Waals surface area contributed by atoms with Gasteiger partial charge in [0, 0.05) is 12.0 Å². The molecule has 3 aromatic carbocycles. The normalized spacial score (nSPS) is 20.4. The SMILES string of the molecule is COc1ccc2nc(N3C(=O)C(=O)C(=C(O)c4ccc5c(c4)C[C@@H](C)O5)[C@@H]3c3ccc(F)cc3)sc2c1. The first-order chi connectivity index (χ1) is 17.8. The van der Waals surface area contributed by atoms with Crippen molar-refractivity contribution >= 4 is 44.1 Å². The number of amides is 1. The van der Waals surface area contributed by atoms with E-state index in [1.54, 1.807) is 43.5 Å². The van der Waals surface area contributed by atoms with Crippen molar-refractivity contribution in [2.75, 3.05) is 12.0 Å². The molecule has 0 saturated carbocycles. The first-order valence-corrected chi connectivity index (χ1v) is 12.5. The lowest BCUT2D eigenvalue weighted by Gasteiger charge is -2.23. The molecule has 0 aliphatic carbocycles. The summed E-state index contributed by atoms with van der Waals surface area (Å²) in [7, 11) is 1.56. The quantitative estimate of drug-likeness (QED) is 0.222. The van der Waals surface area contributed by atoms with Crippen LogP contribution in [0.2, 0.25) is 0 Å². The summed E-state index contributed by atoms with van der Waals surface area (Å²) in [4.78, 5) is 32.7. The Bertz CT molecular complexity index is 1610. The molecule has 0 radical (unpaired) electrons. The standard InChI is InChI=1S/C28H21FN2O5S/c1-14-11-17-12-16(5-10-21(17)36-14)25(32)23-24(15-3-6-18(29)7-4-15)31(27(34)26(23)33)28-30-20-9-8-19(35-2)13-22(20)37-28/h3-10,12-14,24,32H,11H2,1-2H3/t14-,24+/m1/s1. The molecule has 0 unspecified atom stereocenters. The lowest BCUT2D eigenvalue weighted by molar-refractivity contribution is -0.132. The summed E-state index contributed by atoms with van der Waals surface area (Å²) in [5, 5.41) is 11.7. The Kier molecular flexibility index (Phi) is 5.45. The predicted molar refractivity (Wildman–Crippen MR) is 138 cm³/mol. The minimum atomic E-state index is -0.994. The molecule has 2 atom stereocenters. The molecule has 1 fully saturated rings. The van der Waals surface area contributed by atoms with Crippen molar-refractivity contribution in [3.63, 3.8) is 0 Å². The first-order valence-electron chi connectivity index (χ1n) is 11.6. The minimum Gasteiger partial charge on any atom is -0.507 e. The van der Waals surface area contributed by atoms with Crippen LogP contribution in [-0.2, 0) is 16.0 Å². The van der Waals surface area contributed by atoms with E-state index in [1.807, 2.05) is 6.92 Å². The van der Waals surface area contributed by atoms with Crippen LogP contribution in [-0.4, -0.2) is 35.0 Å². The van der Waals surface area contributed by atoms with Crippen LogP contribution in [0.1, 0.15) is 29.7 Å². The van der Waals surface area contributed by atoms with Crippen LogP contribution in [0.5, 0.6) is 11.5 Å². The molecule has 2 aliphatic heterocycles. The van der Waals surface area contributed by atoms with Crippen LogP contribution in [0.25, 0.3) is 16.0 Å². The Morgan fingerprint density at radius 3 is 2.68 bits per heavy atom. The highest BCUT2D eigenvalue weighted by molar-refractivity contribution is 7.22. The van der Waals surface area contributed by atoms with Crippen molar-refractivity contribution < 1.29 is 28.6 Å². The van der Waals surface area contributed by atoms with Gasteiger partial charge in [0.1, 0.15) is 29.2 Å². The van der Waals surface area contributed by atoms with Gasteiger partial charge in [-0.05, 0) is 66.6 Å². The van der Waals surface area contributed by atoms with E-state index in [0.717, 1.165) is 16.0 Å². The third-order valence-electron chi connectivity index (χ3n) is 6.59. The molecule has 0 bridgehead atoms. The van der Waals surface area contributed by atoms with Gasteiger partial charge in [-0.1, -0.05) is 23.5 Å². The van der Waals surface area contributed by atoms with E-state index in [-0.39, 0.29) is 22.6 Å². The number of methoxy groups -OCH3 is 1. The number of aromatic nitrogens is 1. The van der Waals surface area contributed by atoms with Crippen molar-refractivity contribution in [2.24, 2.45) is 0 Å². The van der Waals surface area contributed by atoms with Gasteiger partial charge in [0.05, 0.1) is 28.9 Å². The molecule has 9 heteroatoms. The predicted octanol–water partition coefficient (Wildman–Crippen LogP) is 5.39. The molecule has 0 spiro atoms. The number of carbonyl (C=O) groups excluding carboxylic acids is 2. The number of ketones is 1. The van der Waals surface area contributed by atoms with E-state index < -0.39 is 23.5 Å². The number of anilines is 1. The van der Waals surface area contributed by atoms with E-state index in [4.69, 9.17) is 9.47 Å². The molecule has 37 heavy (non-hydrogen) atoms. The Labute approximate surface area is 215 Å². The summed E-state index contributed by atoms with van der Waals surface area (Å²) in [6.45, 7) is 1.95. The Balaban J connectivity index is 1.52. The van der Waals surface area contributed by atoms with Gasteiger partial charge < -0.3 is 14.6 Å². The van der Waals surface area contributed by atoms with Gasteiger partial charge in [0.2, 0.25) is 0 Å². The number of aliphatic hydroxyl groups is 1. The second-order valence-electron chi connectivity index (χ2n) is 9.01. The number of rotatable bonds is 4. The molecule has 1 aromatic heterocycles. The summed E-state index contributed by atoms with van der Waals surface area (Å²) in [5.41, 5.74) is 2.32. The molecule has 186 valence electrons. The topological polar surface area (TPSA) is 89.0 Å². The van der Waals surface area contributed by atoms with Crippen LogP contribution >= 0.6 is 11.3 Å². The summed E-state index contributed by atoms with van der Waals surface area (Å²) < 4.78 is 25.6. The lowest BCUT2D eigenvalue weighted by atomic mass is 9.94. The number of halogens is 1. The van der Waals surface area contributed by atoms with E-state index in [9.17, 15) is 19.1 Å². The molecular formula is C28H21FN2O5S. The summed E-state index contributed by atoms with van der Waals surface area (Å²) in [5.74, 6) is -1.06. The molecule has 6 rings (SSSR count). The van der Waals surface area contributed by atoms with Gasteiger partial charge in [0.25, 0.3) is 5.78 Å². The largest absolute Gasteiger partial charge is 0.507 e. The third-order valence-corrected chi connectivity index (χ3v) is 7.61. The van der Waals surface area contributed by atoms with Gasteiger partial charge >= 0.3 is 5.91 Å². The van der Waals surface area contributed by atoms with Gasteiger partial charge in [-0.3, -0.25) is 14.5 Å². The van der Waals surface area contributed by atoms with Crippen molar-refractivity contribution in [3.8, 4) is 11.5 Å². The maximum Gasteiger partial charge on any atom is 0.301 e. The van der Waals surface area contributed by atoms with Crippen LogP contribution in [0.15, 0.2) is 66.2 Å². The van der Waals surface area contributed by atoms with Gasteiger partial charge in [-0.15, -0.1) is 0 Å². The summed E-state index contributed by atoms with van der Waals surface area (Å²) in [6, 6.07) is 15.0. The van der Waals surface area contributed by atoms with Crippen molar-refractivity contribution in [2.45, 2.75) is 25.5 Å². The molecule has 2 aliphatic rings. The van der Waals surface area contributed by atoms with Gasteiger partial charge in [0.15, 0.2) is 5.13 Å². The van der Waals surface area contributed by atoms with E-state index in [2.05, 4.69) is 4.98 Å². The van der Waals surface area contributed by atoms with Crippen molar-refractivity contribution in [1.29, 1.82) is 0 Å². The number of benzene rings is 3. The number of nitrogens with zero attached hydrogens (tertiary/aromatic N) is 2. The second-order valence-corrected chi connectivity index (χ2v) is 10.0. The van der Waals surface area contributed by atoms with E-state index >= 15 is 0 Å². The molecule has 1 amide bonds. The average Bonchev–Trinajstić information content (AvgIpc) is 3.55. The number of thiazole rings is 1. The third kappa shape index (κ3) is 3.82. The van der Waals surface area contributed by atoms with Crippen LogP contribution in [0.4, 0.5) is 9.52 Å². The Morgan fingerprint density at radius 1 is 1.14 bits per heavy atom. The zero-order valence-electron chi connectivity index (χ0n) is 19.9. The van der Waals surface area contributed by atoms with E-state index in [1.165, 1.54) is 40.5 Å². The zero-order chi connectivity index (χ0) is 25.8. The van der Waals surface area contributed by atoms with Crippen LogP contribution < -0.4 is 14.4 Å². The fourth-order valence-electron chi connectivity index (χ4n) is 4.84. The average molecular weight is 517 g/mol. The first kappa shape index (κ1) is 23.2. The van der Waals surface area contributed by atoms with E-state index in [0.29, 0.717) is 28.8 Å². The Hall–Kier alpha value is -4.24. The molecule has 1 saturated heterocycles. The number of carbonyl (C=O) groups is 2. The fourth-order valence-corrected chi connectivity index (χ4v) is 5.86. The van der Waals surface area contributed by atoms with Crippen LogP contribution in [0, 0.1) is 5.82 Å². The molecule has 1 N–H and O–H groups in total. The van der Waals surface area contributed by atoms with Gasteiger partial charge in [-0.25, -0.2) is 9.37 Å². The zero-order valence-corrected chi connectivity index (χ0v) is 20.7. The Morgan fingerprint density at radius 2 is 1.92 bits per heavy atom. The number of Topliss-reactive ketones (excluding diaryl/α,β-unsaturated/α-hetero) is 1. The fraction of sp³-hybridized carbons (Fsp3) is 0.179. The van der Waals surface area contributed by atoms with Crippen molar-refractivity contribution in [1.82, 2.24) is 4.98 Å². The number of hydrogen-bond acceptors (Lipinski definition) is 7. The number of hydrogen-bond donors (Lipinski definition) is 1. The molecule has 4 aromatic rings. The second kappa shape index (κ2) is 8.70. The molecule has 3 heterocycles. The van der Waals surface area contributed by atoms with Crippen molar-refractivity contribution in [3.05, 3.63) is 88.7 Å². The van der Waals surface area contributed by atoms with Gasteiger partial charge in [-0.2, -0.15) is 0 Å². The highest BCUT2D eigenvalue weighted by Gasteiger charge is 2.48. The maximum absolute atomic E-state index is 13.8. The van der Waals surface area contributed by atoms with Crippen LogP contribution in [0.3, 0.4) is 0 Å². The summed E-state index contributed by atoms with van der Waals surface area (Å²) >= 11 is 1.22. The number of aliphatic hydroxyl groups excluding tert-OH is 1. The lowest BCUT2D eigenvalue weighted by Crippen LogP contribution is -2.29.